The second kappa shape index (κ2) is 10.6. The van der Waals surface area contributed by atoms with E-state index in [0.29, 0.717) is 29.6 Å². The van der Waals surface area contributed by atoms with E-state index in [2.05, 4.69) is 5.10 Å². The van der Waals surface area contributed by atoms with E-state index in [1.165, 1.54) is 21.7 Å². The van der Waals surface area contributed by atoms with E-state index in [-0.39, 0.29) is 11.8 Å². The van der Waals surface area contributed by atoms with Gasteiger partial charge in [0.25, 0.3) is 0 Å². The van der Waals surface area contributed by atoms with Crippen LogP contribution >= 0.6 is 23.4 Å². The molecule has 2 aromatic carbocycles. The predicted molar refractivity (Wildman–Crippen MR) is 128 cm³/mol. The second-order valence-corrected chi connectivity index (χ2v) is 8.82. The minimum Gasteiger partial charge on any atom is -0.361 e. The molecule has 168 valence electrons. The third-order valence-corrected chi connectivity index (χ3v) is 5.87. The Bertz CT molecular complexity index is 1040. The van der Waals surface area contributed by atoms with Crippen molar-refractivity contribution in [2.45, 2.75) is 6.54 Å². The zero-order valence-electron chi connectivity index (χ0n) is 17.8. The van der Waals surface area contributed by atoms with Crippen LogP contribution in [0.25, 0.3) is 0 Å². The van der Waals surface area contributed by atoms with Crippen LogP contribution < -0.4 is 10.6 Å². The first-order chi connectivity index (χ1) is 15.2. The third-order valence-electron chi connectivity index (χ3n) is 4.74. The molecule has 2 N–H and O–H groups in total. The lowest BCUT2D eigenvalue weighted by atomic mass is 10.1. The standard InChI is InChI=1S/C22H24ClN5O3S/c1-26(2)10-11-27(21(30)20(24)29)18-5-3-4-15(12-18)13-28-22(31)32-14-19(25-28)16-6-8-17(23)9-7-16/h3-9,12H,10-11,13-14H2,1-2H3,(H2,24,29). The summed E-state index contributed by atoms with van der Waals surface area (Å²) in [6, 6.07) is 14.4. The van der Waals surface area contributed by atoms with Gasteiger partial charge in [0.1, 0.15) is 0 Å². The molecule has 0 unspecified atom stereocenters. The zero-order valence-corrected chi connectivity index (χ0v) is 19.4. The Morgan fingerprint density at radius 1 is 1.16 bits per heavy atom. The largest absolute Gasteiger partial charge is 0.361 e. The van der Waals surface area contributed by atoms with Gasteiger partial charge in [0.05, 0.1) is 12.3 Å². The molecule has 1 aliphatic rings. The Kier molecular flexibility index (Phi) is 7.89. The normalized spacial score (nSPS) is 13.8. The van der Waals surface area contributed by atoms with Gasteiger partial charge < -0.3 is 15.5 Å². The Morgan fingerprint density at radius 2 is 1.88 bits per heavy atom. The van der Waals surface area contributed by atoms with Crippen molar-refractivity contribution < 1.29 is 14.4 Å². The Labute approximate surface area is 196 Å². The summed E-state index contributed by atoms with van der Waals surface area (Å²) >= 11 is 7.14. The highest BCUT2D eigenvalue weighted by molar-refractivity contribution is 8.14. The summed E-state index contributed by atoms with van der Waals surface area (Å²) in [5, 5.41) is 6.40. The van der Waals surface area contributed by atoms with Crippen molar-refractivity contribution in [3.05, 3.63) is 64.7 Å². The molecule has 0 fully saturated rings. The van der Waals surface area contributed by atoms with Crippen LogP contribution in [-0.2, 0) is 16.1 Å². The SMILES string of the molecule is CN(C)CCN(C(=O)C(N)=O)c1cccc(CN2N=C(c3ccc(Cl)cc3)CSC2=O)c1. The van der Waals surface area contributed by atoms with Gasteiger partial charge in [-0.2, -0.15) is 5.10 Å². The predicted octanol–water partition coefficient (Wildman–Crippen LogP) is 2.79. The average molecular weight is 474 g/mol. The van der Waals surface area contributed by atoms with Gasteiger partial charge in [-0.05, 0) is 49.5 Å². The average Bonchev–Trinajstić information content (AvgIpc) is 2.76. The molecule has 1 heterocycles. The second-order valence-electron chi connectivity index (χ2n) is 7.46. The fourth-order valence-corrected chi connectivity index (χ4v) is 3.94. The third kappa shape index (κ3) is 6.09. The van der Waals surface area contributed by atoms with Crippen molar-refractivity contribution >= 4 is 51.8 Å². The molecule has 8 nitrogen and oxygen atoms in total. The van der Waals surface area contributed by atoms with Crippen LogP contribution in [0, 0.1) is 0 Å². The molecule has 0 bridgehead atoms. The highest BCUT2D eigenvalue weighted by Gasteiger charge is 2.24. The number of primary amides is 1. The van der Waals surface area contributed by atoms with Crippen molar-refractivity contribution in [3.8, 4) is 0 Å². The molecule has 0 aromatic heterocycles. The molecule has 0 aliphatic carbocycles. The van der Waals surface area contributed by atoms with Gasteiger partial charge >= 0.3 is 17.1 Å². The molecule has 3 rings (SSSR count). The van der Waals surface area contributed by atoms with Crippen LogP contribution in [0.5, 0.6) is 0 Å². The van der Waals surface area contributed by atoms with E-state index in [4.69, 9.17) is 17.3 Å². The molecular formula is C22H24ClN5O3S. The number of hydrogen-bond acceptors (Lipinski definition) is 6. The zero-order chi connectivity index (χ0) is 23.3. The summed E-state index contributed by atoms with van der Waals surface area (Å²) in [6.07, 6.45) is 0. The van der Waals surface area contributed by atoms with Gasteiger partial charge in [0, 0.05) is 29.6 Å². The van der Waals surface area contributed by atoms with Crippen molar-refractivity contribution in [1.29, 1.82) is 0 Å². The molecule has 0 saturated carbocycles. The topological polar surface area (TPSA) is 99.3 Å². The van der Waals surface area contributed by atoms with Crippen molar-refractivity contribution in [1.82, 2.24) is 9.91 Å². The fraction of sp³-hybridized carbons (Fsp3) is 0.273. The summed E-state index contributed by atoms with van der Waals surface area (Å²) in [5.74, 6) is -1.33. The number of thioether (sulfide) groups is 1. The maximum Gasteiger partial charge on any atom is 0.316 e. The molecule has 1 aliphatic heterocycles. The van der Waals surface area contributed by atoms with Crippen LogP contribution in [0.4, 0.5) is 10.5 Å². The highest BCUT2D eigenvalue weighted by Crippen LogP contribution is 2.24. The van der Waals surface area contributed by atoms with Crippen molar-refractivity contribution in [2.75, 3.05) is 37.8 Å². The lowest BCUT2D eigenvalue weighted by Crippen LogP contribution is -2.43. The number of hydrogen-bond donors (Lipinski definition) is 1. The van der Waals surface area contributed by atoms with Crippen LogP contribution in [0.15, 0.2) is 53.6 Å². The highest BCUT2D eigenvalue weighted by atomic mass is 35.5. The van der Waals surface area contributed by atoms with Gasteiger partial charge in [-0.3, -0.25) is 14.4 Å². The van der Waals surface area contributed by atoms with Crippen LogP contribution in [0.1, 0.15) is 11.1 Å². The van der Waals surface area contributed by atoms with Crippen molar-refractivity contribution in [2.24, 2.45) is 10.8 Å². The van der Waals surface area contributed by atoms with Crippen LogP contribution in [0.3, 0.4) is 0 Å². The van der Waals surface area contributed by atoms with Crippen LogP contribution in [0.2, 0.25) is 5.02 Å². The molecular weight excluding hydrogens is 450 g/mol. The molecule has 32 heavy (non-hydrogen) atoms. The maximum absolute atomic E-state index is 12.5. The molecule has 0 spiro atoms. The summed E-state index contributed by atoms with van der Waals surface area (Å²) in [7, 11) is 3.75. The molecule has 0 radical (unpaired) electrons. The number of nitrogens with zero attached hydrogens (tertiary/aromatic N) is 4. The molecule has 0 saturated heterocycles. The quantitative estimate of drug-likeness (QED) is 0.623. The number of anilines is 1. The lowest BCUT2D eigenvalue weighted by molar-refractivity contribution is -0.135. The molecule has 2 aromatic rings. The number of halogens is 1. The number of rotatable bonds is 7. The Morgan fingerprint density at radius 3 is 2.53 bits per heavy atom. The molecule has 0 atom stereocenters. The van der Waals surface area contributed by atoms with E-state index in [0.717, 1.165) is 16.8 Å². The van der Waals surface area contributed by atoms with Gasteiger partial charge in [0.2, 0.25) is 0 Å². The number of likely N-dealkylation sites (N-methyl/N-ethyl adjacent to an activating group) is 1. The van der Waals surface area contributed by atoms with E-state index in [9.17, 15) is 14.4 Å². The van der Waals surface area contributed by atoms with Gasteiger partial charge in [-0.15, -0.1) is 0 Å². The van der Waals surface area contributed by atoms with E-state index in [1.807, 2.05) is 37.2 Å². The number of carbonyl (C=O) groups is 3. The number of amides is 3. The number of benzene rings is 2. The lowest BCUT2D eigenvalue weighted by Gasteiger charge is -2.25. The summed E-state index contributed by atoms with van der Waals surface area (Å²) in [5.41, 5.74) is 8.22. The van der Waals surface area contributed by atoms with E-state index >= 15 is 0 Å². The molecule has 3 amide bonds. The van der Waals surface area contributed by atoms with Gasteiger partial charge in [-0.1, -0.05) is 47.6 Å². The summed E-state index contributed by atoms with van der Waals surface area (Å²) < 4.78 is 0. The molecule has 10 heteroatoms. The minimum atomic E-state index is -1.02. The number of hydrazone groups is 1. The van der Waals surface area contributed by atoms with Gasteiger partial charge in [-0.25, -0.2) is 5.01 Å². The Balaban J connectivity index is 1.83. The maximum atomic E-state index is 12.5. The number of carbonyl (C=O) groups excluding carboxylic acids is 3. The van der Waals surface area contributed by atoms with Crippen LogP contribution in [-0.4, -0.2) is 65.6 Å². The smallest absolute Gasteiger partial charge is 0.316 e. The van der Waals surface area contributed by atoms with E-state index in [1.54, 1.807) is 30.3 Å². The summed E-state index contributed by atoms with van der Waals surface area (Å²) in [6.45, 7) is 1.08. The van der Waals surface area contributed by atoms with Crippen molar-refractivity contribution in [3.63, 3.8) is 0 Å². The minimum absolute atomic E-state index is 0.161. The summed E-state index contributed by atoms with van der Waals surface area (Å²) in [4.78, 5) is 39.6. The fourth-order valence-electron chi connectivity index (χ4n) is 3.08. The Hall–Kier alpha value is -2.88. The first-order valence-electron chi connectivity index (χ1n) is 9.87. The van der Waals surface area contributed by atoms with E-state index < -0.39 is 11.8 Å². The van der Waals surface area contributed by atoms with Gasteiger partial charge in [0.15, 0.2) is 0 Å². The first kappa shape index (κ1) is 23.8. The number of nitrogens with two attached hydrogens (primary N) is 1. The monoisotopic (exact) mass is 473 g/mol. The first-order valence-corrected chi connectivity index (χ1v) is 11.2.